The third-order valence-corrected chi connectivity index (χ3v) is 5.05. The van der Waals surface area contributed by atoms with Crippen LogP contribution in [0.5, 0.6) is 0 Å². The molecule has 0 N–H and O–H groups in total. The maximum Gasteiger partial charge on any atom is 0.338 e. The molecule has 0 unspecified atom stereocenters. The molecule has 0 aromatic heterocycles. The Bertz CT molecular complexity index is 658. The van der Waals surface area contributed by atoms with Crippen molar-refractivity contribution >= 4 is 49.2 Å². The molecular weight excluding hydrogens is 452 g/mol. The van der Waals surface area contributed by atoms with Gasteiger partial charge >= 0.3 is 5.97 Å². The number of carbonyl (C=O) groups excluding carboxylic acids is 1. The van der Waals surface area contributed by atoms with Crippen LogP contribution < -0.4 is 0 Å². The first-order valence-corrected chi connectivity index (χ1v) is 8.48. The number of non-ortho nitro benzene ring substituents is 2. The van der Waals surface area contributed by atoms with Gasteiger partial charge in [0.2, 0.25) is 0 Å². The number of hydrogen-bond donors (Lipinski definition) is 0. The fraction of sp³-hybridized carbons (Fsp3) is 0.357. The third-order valence-electron chi connectivity index (χ3n) is 2.93. The van der Waals surface area contributed by atoms with E-state index in [1.54, 1.807) is 0 Å². The zero-order valence-corrected chi connectivity index (χ0v) is 15.8. The molecule has 1 aromatic carbocycles. The minimum absolute atomic E-state index is 0.0837. The van der Waals surface area contributed by atoms with Crippen molar-refractivity contribution in [1.82, 2.24) is 0 Å². The van der Waals surface area contributed by atoms with E-state index in [4.69, 9.17) is 4.74 Å². The highest BCUT2D eigenvalue weighted by Gasteiger charge is 2.21. The van der Waals surface area contributed by atoms with Gasteiger partial charge in [0, 0.05) is 21.1 Å². The summed E-state index contributed by atoms with van der Waals surface area (Å²) >= 11 is 6.66. The summed E-state index contributed by atoms with van der Waals surface area (Å²) < 4.78 is 6.52. The SMILES string of the molecule is CCCCC(Br)=C(Br)COC(=O)c1cc([N+](=O)[O-])cc([N+](=O)[O-])c1. The second-order valence-electron chi connectivity index (χ2n) is 4.74. The van der Waals surface area contributed by atoms with E-state index >= 15 is 0 Å². The zero-order chi connectivity index (χ0) is 18.3. The van der Waals surface area contributed by atoms with Gasteiger partial charge in [-0.2, -0.15) is 0 Å². The number of halogens is 2. The van der Waals surface area contributed by atoms with Gasteiger partial charge in [-0.05, 0) is 12.8 Å². The summed E-state index contributed by atoms with van der Waals surface area (Å²) in [7, 11) is 0. The van der Waals surface area contributed by atoms with E-state index in [1.807, 2.05) is 6.92 Å². The van der Waals surface area contributed by atoms with Crippen LogP contribution in [-0.4, -0.2) is 22.4 Å². The van der Waals surface area contributed by atoms with Gasteiger partial charge in [0.1, 0.15) is 6.61 Å². The van der Waals surface area contributed by atoms with Crippen LogP contribution in [-0.2, 0) is 4.74 Å². The van der Waals surface area contributed by atoms with Crippen molar-refractivity contribution < 1.29 is 19.4 Å². The second kappa shape index (κ2) is 9.48. The molecule has 10 heteroatoms. The minimum Gasteiger partial charge on any atom is -0.457 e. The van der Waals surface area contributed by atoms with Gasteiger partial charge in [0.05, 0.1) is 21.5 Å². The van der Waals surface area contributed by atoms with Gasteiger partial charge < -0.3 is 4.74 Å². The quantitative estimate of drug-likeness (QED) is 0.308. The number of nitrogens with zero attached hydrogens (tertiary/aromatic N) is 2. The summed E-state index contributed by atoms with van der Waals surface area (Å²) in [5, 5.41) is 21.6. The van der Waals surface area contributed by atoms with Gasteiger partial charge in [-0.3, -0.25) is 20.2 Å². The summed E-state index contributed by atoms with van der Waals surface area (Å²) in [5.41, 5.74) is -1.34. The van der Waals surface area contributed by atoms with E-state index in [0.717, 1.165) is 41.9 Å². The normalized spacial score (nSPS) is 11.6. The molecule has 130 valence electrons. The minimum atomic E-state index is -0.880. The maximum atomic E-state index is 12.0. The van der Waals surface area contributed by atoms with Gasteiger partial charge in [0.25, 0.3) is 11.4 Å². The van der Waals surface area contributed by atoms with E-state index in [1.165, 1.54) is 0 Å². The average molecular weight is 466 g/mol. The van der Waals surface area contributed by atoms with Crippen molar-refractivity contribution in [3.8, 4) is 0 Å². The molecule has 0 heterocycles. The Labute approximate surface area is 154 Å². The molecule has 0 atom stereocenters. The first kappa shape index (κ1) is 20.2. The van der Waals surface area contributed by atoms with Crippen molar-refractivity contribution in [3.05, 3.63) is 53.0 Å². The largest absolute Gasteiger partial charge is 0.457 e. The summed E-state index contributed by atoms with van der Waals surface area (Å²) in [5.74, 6) is -0.880. The van der Waals surface area contributed by atoms with E-state index in [-0.39, 0.29) is 12.2 Å². The Morgan fingerprint density at radius 3 is 2.08 bits per heavy atom. The lowest BCUT2D eigenvalue weighted by molar-refractivity contribution is -0.394. The van der Waals surface area contributed by atoms with Gasteiger partial charge in [-0.15, -0.1) is 0 Å². The average Bonchev–Trinajstić information content (AvgIpc) is 2.56. The van der Waals surface area contributed by atoms with Crippen LogP contribution >= 0.6 is 31.9 Å². The van der Waals surface area contributed by atoms with Crippen LogP contribution in [0, 0.1) is 20.2 Å². The van der Waals surface area contributed by atoms with E-state index in [2.05, 4.69) is 31.9 Å². The summed E-state index contributed by atoms with van der Waals surface area (Å²) in [6, 6.07) is 2.67. The molecular formula is C14H14Br2N2O6. The van der Waals surface area contributed by atoms with Gasteiger partial charge in [-0.25, -0.2) is 4.79 Å². The molecule has 0 bridgehead atoms. The summed E-state index contributed by atoms with van der Waals surface area (Å²) in [6.45, 7) is 1.96. The Balaban J connectivity index is 2.91. The second-order valence-corrected chi connectivity index (χ2v) is 6.66. The first-order chi connectivity index (χ1) is 11.3. The molecule has 0 fully saturated rings. The number of unbranched alkanes of at least 4 members (excludes halogenated alkanes) is 1. The number of benzene rings is 1. The monoisotopic (exact) mass is 464 g/mol. The number of ether oxygens (including phenoxy) is 1. The number of nitro benzene ring substituents is 2. The Morgan fingerprint density at radius 1 is 1.08 bits per heavy atom. The van der Waals surface area contributed by atoms with Crippen LogP contribution in [0.4, 0.5) is 11.4 Å². The summed E-state index contributed by atoms with van der Waals surface area (Å²) in [4.78, 5) is 32.0. The molecule has 0 aliphatic heterocycles. The molecule has 0 spiro atoms. The molecule has 1 aromatic rings. The topological polar surface area (TPSA) is 113 Å². The molecule has 0 amide bonds. The Hall–Kier alpha value is -1.81. The lowest BCUT2D eigenvalue weighted by atomic mass is 10.2. The van der Waals surface area contributed by atoms with Gasteiger partial charge in [-0.1, -0.05) is 45.2 Å². The van der Waals surface area contributed by atoms with Gasteiger partial charge in [0.15, 0.2) is 0 Å². The predicted molar refractivity (Wildman–Crippen MR) is 94.4 cm³/mol. The fourth-order valence-corrected chi connectivity index (χ4v) is 2.39. The Kier molecular flexibility index (Phi) is 7.99. The molecule has 8 nitrogen and oxygen atoms in total. The number of allylic oxidation sites excluding steroid dienone is 1. The van der Waals surface area contributed by atoms with Crippen molar-refractivity contribution in [1.29, 1.82) is 0 Å². The number of esters is 1. The number of nitro groups is 2. The molecule has 0 saturated carbocycles. The predicted octanol–water partition coefficient (Wildman–Crippen LogP) is 4.85. The van der Waals surface area contributed by atoms with Crippen molar-refractivity contribution in [2.24, 2.45) is 0 Å². The summed E-state index contributed by atoms with van der Waals surface area (Å²) in [6.07, 6.45) is 2.74. The lowest BCUT2D eigenvalue weighted by Gasteiger charge is -2.07. The van der Waals surface area contributed by atoms with Crippen LogP contribution in [0.2, 0.25) is 0 Å². The van der Waals surface area contributed by atoms with Crippen molar-refractivity contribution in [2.75, 3.05) is 6.61 Å². The zero-order valence-electron chi connectivity index (χ0n) is 12.7. The highest BCUT2D eigenvalue weighted by atomic mass is 79.9. The molecule has 0 aliphatic carbocycles. The maximum absolute atomic E-state index is 12.0. The number of carbonyl (C=O) groups is 1. The fourth-order valence-electron chi connectivity index (χ4n) is 1.68. The molecule has 1 rings (SSSR count). The molecule has 0 radical (unpaired) electrons. The molecule has 24 heavy (non-hydrogen) atoms. The number of rotatable bonds is 8. The van der Waals surface area contributed by atoms with Crippen molar-refractivity contribution in [2.45, 2.75) is 26.2 Å². The third kappa shape index (κ3) is 6.00. The lowest BCUT2D eigenvalue weighted by Crippen LogP contribution is -2.08. The van der Waals surface area contributed by atoms with Crippen LogP contribution in [0.25, 0.3) is 0 Å². The van der Waals surface area contributed by atoms with E-state index in [9.17, 15) is 25.0 Å². The van der Waals surface area contributed by atoms with E-state index < -0.39 is 27.2 Å². The highest BCUT2D eigenvalue weighted by Crippen LogP contribution is 2.25. The Morgan fingerprint density at radius 2 is 1.62 bits per heavy atom. The smallest absolute Gasteiger partial charge is 0.338 e. The standard InChI is InChI=1S/C14H14Br2N2O6/c1-2-3-4-12(15)13(16)8-24-14(19)9-5-10(17(20)21)7-11(6-9)18(22)23/h5-7H,2-4,8H2,1H3. The van der Waals surface area contributed by atoms with Crippen LogP contribution in [0.15, 0.2) is 27.2 Å². The first-order valence-electron chi connectivity index (χ1n) is 6.90. The molecule has 0 aliphatic rings. The molecule has 0 saturated heterocycles. The van der Waals surface area contributed by atoms with Crippen LogP contribution in [0.1, 0.15) is 36.5 Å². The highest BCUT2D eigenvalue weighted by molar-refractivity contribution is 9.14. The number of hydrogen-bond acceptors (Lipinski definition) is 6. The van der Waals surface area contributed by atoms with Crippen LogP contribution in [0.3, 0.4) is 0 Å². The van der Waals surface area contributed by atoms with E-state index in [0.29, 0.717) is 4.48 Å². The van der Waals surface area contributed by atoms with Crippen molar-refractivity contribution in [3.63, 3.8) is 0 Å².